The first kappa shape index (κ1) is 16.9. The van der Waals surface area contributed by atoms with Gasteiger partial charge >= 0.3 is 5.69 Å². The topological polar surface area (TPSA) is 87.3 Å². The van der Waals surface area contributed by atoms with Crippen LogP contribution in [0.2, 0.25) is 0 Å². The van der Waals surface area contributed by atoms with Crippen molar-refractivity contribution in [2.45, 2.75) is 6.92 Å². The summed E-state index contributed by atoms with van der Waals surface area (Å²) in [6.07, 6.45) is 4.00. The number of aryl methyl sites for hydroxylation is 1. The van der Waals surface area contributed by atoms with Gasteiger partial charge in [0.2, 0.25) is 11.5 Å². The molecule has 1 aromatic heterocycles. The zero-order valence-corrected chi connectivity index (χ0v) is 14.1. The maximum atomic E-state index is 12.2. The van der Waals surface area contributed by atoms with Gasteiger partial charge < -0.3 is 4.74 Å². The average Bonchev–Trinajstić information content (AvgIpc) is 2.89. The van der Waals surface area contributed by atoms with E-state index in [4.69, 9.17) is 4.74 Å². The van der Waals surface area contributed by atoms with Crippen molar-refractivity contribution in [1.29, 1.82) is 0 Å². The molecule has 0 amide bonds. The second kappa shape index (κ2) is 7.19. The molecule has 1 aromatic carbocycles. The number of carbonyl (C=O) groups is 1. The summed E-state index contributed by atoms with van der Waals surface area (Å²) in [5, 5.41) is 14.8. The minimum atomic E-state index is -0.626. The third-order valence-corrected chi connectivity index (χ3v) is 3.42. The molecule has 0 aliphatic rings. The van der Waals surface area contributed by atoms with Crippen LogP contribution >= 0.6 is 15.9 Å². The molecule has 7 nitrogen and oxygen atoms in total. The van der Waals surface area contributed by atoms with E-state index in [1.54, 1.807) is 18.2 Å². The molecule has 2 aromatic rings. The normalized spacial score (nSPS) is 10.9. The summed E-state index contributed by atoms with van der Waals surface area (Å²) in [6.45, 7) is 2.35. The molecule has 0 spiro atoms. The number of nitro groups is 1. The Bertz CT molecular complexity index is 783. The van der Waals surface area contributed by atoms with Crippen LogP contribution in [0.25, 0.3) is 6.08 Å². The summed E-state index contributed by atoms with van der Waals surface area (Å²) < 4.78 is 7.56. The Morgan fingerprint density at radius 2 is 2.26 bits per heavy atom. The van der Waals surface area contributed by atoms with Crippen molar-refractivity contribution in [3.05, 3.63) is 56.3 Å². The molecule has 0 atom stereocenters. The second-order valence-corrected chi connectivity index (χ2v) is 5.52. The Morgan fingerprint density at radius 3 is 2.91 bits per heavy atom. The number of halogens is 1. The number of benzene rings is 1. The number of hydrogen-bond acceptors (Lipinski definition) is 5. The minimum absolute atomic E-state index is 0.193. The molecule has 0 unspecified atom stereocenters. The molecular formula is C15H14BrN3O4. The zero-order valence-electron chi connectivity index (χ0n) is 12.5. The summed E-state index contributed by atoms with van der Waals surface area (Å²) in [7, 11) is 1.52. The number of nitrogens with zero attached hydrogens (tertiary/aromatic N) is 3. The molecule has 0 bridgehead atoms. The van der Waals surface area contributed by atoms with Crippen LogP contribution in [0.5, 0.6) is 5.75 Å². The molecule has 0 saturated carbocycles. The van der Waals surface area contributed by atoms with E-state index in [1.165, 1.54) is 24.0 Å². The Morgan fingerprint density at radius 1 is 1.52 bits per heavy atom. The minimum Gasteiger partial charge on any atom is -0.493 e. The highest BCUT2D eigenvalue weighted by molar-refractivity contribution is 9.10. The molecule has 23 heavy (non-hydrogen) atoms. The summed E-state index contributed by atoms with van der Waals surface area (Å²) >= 11 is 3.35. The molecule has 0 saturated heterocycles. The molecule has 0 aliphatic carbocycles. The van der Waals surface area contributed by atoms with Crippen molar-refractivity contribution in [3.8, 4) is 5.75 Å². The highest BCUT2D eigenvalue weighted by Crippen LogP contribution is 2.25. The predicted octanol–water partition coefficient (Wildman–Crippen LogP) is 3.39. The number of aromatic nitrogens is 2. The van der Waals surface area contributed by atoms with Crippen molar-refractivity contribution < 1.29 is 14.5 Å². The van der Waals surface area contributed by atoms with Gasteiger partial charge in [-0.1, -0.05) is 15.9 Å². The quantitative estimate of drug-likeness (QED) is 0.332. The molecule has 0 aliphatic heterocycles. The monoisotopic (exact) mass is 379 g/mol. The lowest BCUT2D eigenvalue weighted by Gasteiger charge is -2.07. The van der Waals surface area contributed by atoms with Crippen LogP contribution in [0.1, 0.15) is 23.0 Å². The van der Waals surface area contributed by atoms with Gasteiger partial charge in [0, 0.05) is 17.1 Å². The third-order valence-electron chi connectivity index (χ3n) is 2.93. The van der Waals surface area contributed by atoms with Crippen molar-refractivity contribution in [2.75, 3.05) is 6.61 Å². The van der Waals surface area contributed by atoms with Gasteiger partial charge in [0.25, 0.3) is 0 Å². The predicted molar refractivity (Wildman–Crippen MR) is 88.5 cm³/mol. The number of ether oxygens (including phenoxy) is 1. The molecule has 0 N–H and O–H groups in total. The molecule has 8 heteroatoms. The first-order chi connectivity index (χ1) is 10.9. The second-order valence-electron chi connectivity index (χ2n) is 4.61. The van der Waals surface area contributed by atoms with E-state index in [0.29, 0.717) is 17.9 Å². The number of carbonyl (C=O) groups excluding carboxylic acids is 1. The Kier molecular flexibility index (Phi) is 5.28. The lowest BCUT2D eigenvalue weighted by atomic mass is 10.1. The van der Waals surface area contributed by atoms with Gasteiger partial charge in [-0.05, 0) is 37.3 Å². The number of ketones is 1. The molecule has 0 radical (unpaired) electrons. The van der Waals surface area contributed by atoms with Gasteiger partial charge in [-0.3, -0.25) is 19.6 Å². The maximum absolute atomic E-state index is 12.2. The highest BCUT2D eigenvalue weighted by Gasteiger charge is 2.23. The summed E-state index contributed by atoms with van der Waals surface area (Å²) in [4.78, 5) is 22.5. The lowest BCUT2D eigenvalue weighted by molar-refractivity contribution is -0.385. The van der Waals surface area contributed by atoms with Crippen LogP contribution in [0, 0.1) is 10.1 Å². The molecule has 1 heterocycles. The third kappa shape index (κ3) is 4.04. The van der Waals surface area contributed by atoms with Crippen molar-refractivity contribution >= 4 is 33.5 Å². The van der Waals surface area contributed by atoms with Gasteiger partial charge in [0.15, 0.2) is 0 Å². The molecule has 120 valence electrons. The smallest absolute Gasteiger partial charge is 0.318 e. The van der Waals surface area contributed by atoms with Crippen LogP contribution in [-0.4, -0.2) is 27.1 Å². The average molecular weight is 380 g/mol. The molecule has 2 rings (SSSR count). The zero-order chi connectivity index (χ0) is 17.0. The van der Waals surface area contributed by atoms with Gasteiger partial charge in [-0.25, -0.2) is 0 Å². The Hall–Kier alpha value is -2.48. The molecule has 0 fully saturated rings. The van der Waals surface area contributed by atoms with E-state index in [9.17, 15) is 14.9 Å². The van der Waals surface area contributed by atoms with Crippen LogP contribution in [-0.2, 0) is 7.05 Å². The fourth-order valence-electron chi connectivity index (χ4n) is 1.97. The SMILES string of the molecule is CCOc1ccc(Br)cc1/C=C/C(=O)c1nn(C)cc1[N+](=O)[O-]. The maximum Gasteiger partial charge on any atom is 0.318 e. The van der Waals surface area contributed by atoms with Crippen LogP contribution < -0.4 is 4.74 Å². The fraction of sp³-hybridized carbons (Fsp3) is 0.200. The number of allylic oxidation sites excluding steroid dienone is 1. The fourth-order valence-corrected chi connectivity index (χ4v) is 2.34. The molecular weight excluding hydrogens is 366 g/mol. The van der Waals surface area contributed by atoms with E-state index >= 15 is 0 Å². The number of hydrogen-bond donors (Lipinski definition) is 0. The van der Waals surface area contributed by atoms with Crippen LogP contribution in [0.15, 0.2) is 34.9 Å². The first-order valence-electron chi connectivity index (χ1n) is 6.75. The van der Waals surface area contributed by atoms with Gasteiger partial charge in [0.05, 0.1) is 11.5 Å². The highest BCUT2D eigenvalue weighted by atomic mass is 79.9. The van der Waals surface area contributed by atoms with Crippen LogP contribution in [0.4, 0.5) is 5.69 Å². The summed E-state index contributed by atoms with van der Waals surface area (Å²) in [5.74, 6) is 0.0787. The standard InChI is InChI=1S/C15H14BrN3O4/c1-3-23-14-7-5-11(16)8-10(14)4-6-13(20)15-12(19(21)22)9-18(2)17-15/h4-9H,3H2,1-2H3/b6-4+. The lowest BCUT2D eigenvalue weighted by Crippen LogP contribution is -2.01. The van der Waals surface area contributed by atoms with Gasteiger partial charge in [0.1, 0.15) is 11.9 Å². The number of rotatable bonds is 6. The van der Waals surface area contributed by atoms with E-state index in [2.05, 4.69) is 21.0 Å². The van der Waals surface area contributed by atoms with E-state index in [-0.39, 0.29) is 11.4 Å². The van der Waals surface area contributed by atoms with Gasteiger partial charge in [-0.15, -0.1) is 0 Å². The largest absolute Gasteiger partial charge is 0.493 e. The Balaban J connectivity index is 2.32. The van der Waals surface area contributed by atoms with Gasteiger partial charge in [-0.2, -0.15) is 5.10 Å². The van der Waals surface area contributed by atoms with E-state index in [0.717, 1.165) is 4.47 Å². The van der Waals surface area contributed by atoms with E-state index in [1.807, 2.05) is 13.0 Å². The Labute approximate surface area is 140 Å². The van der Waals surface area contributed by atoms with E-state index < -0.39 is 10.7 Å². The first-order valence-corrected chi connectivity index (χ1v) is 7.54. The van der Waals surface area contributed by atoms with Crippen molar-refractivity contribution in [3.63, 3.8) is 0 Å². The van der Waals surface area contributed by atoms with Crippen LogP contribution in [0.3, 0.4) is 0 Å². The van der Waals surface area contributed by atoms with Crippen molar-refractivity contribution in [2.24, 2.45) is 7.05 Å². The summed E-state index contributed by atoms with van der Waals surface area (Å²) in [6, 6.07) is 5.40. The summed E-state index contributed by atoms with van der Waals surface area (Å²) in [5.41, 5.74) is 0.177. The van der Waals surface area contributed by atoms with Crippen molar-refractivity contribution in [1.82, 2.24) is 9.78 Å².